The maximum Gasteiger partial charge on any atom is 0.155 e. The molecular formula is C11H16O3. The lowest BCUT2D eigenvalue weighted by Crippen LogP contribution is -2.05. The van der Waals surface area contributed by atoms with Crippen molar-refractivity contribution in [3.63, 3.8) is 0 Å². The Labute approximate surface area is 84.2 Å². The molecule has 0 fully saturated rings. The van der Waals surface area contributed by atoms with Gasteiger partial charge in [0.25, 0.3) is 0 Å². The first-order valence-electron chi connectivity index (χ1n) is 4.78. The molecule has 0 atom stereocenters. The quantitative estimate of drug-likeness (QED) is 0.557. The Morgan fingerprint density at radius 1 is 1.00 bits per heavy atom. The molecule has 0 radical (unpaired) electrons. The first-order chi connectivity index (χ1) is 6.60. The minimum Gasteiger partial charge on any atom is -0.300 e. The number of carbonyl (C=O) groups excluding carboxylic acids is 3. The molecule has 0 heterocycles. The van der Waals surface area contributed by atoms with Crippen LogP contribution in [0.4, 0.5) is 0 Å². The molecule has 0 bridgehead atoms. The smallest absolute Gasteiger partial charge is 0.155 e. The van der Waals surface area contributed by atoms with Crippen molar-refractivity contribution < 1.29 is 14.4 Å². The van der Waals surface area contributed by atoms with Crippen LogP contribution in [-0.2, 0) is 14.4 Å². The third kappa shape index (κ3) is 6.29. The Kier molecular flexibility index (Phi) is 6.54. The minimum absolute atomic E-state index is 0.0259. The molecule has 3 nitrogen and oxygen atoms in total. The van der Waals surface area contributed by atoms with Crippen molar-refractivity contribution in [1.82, 2.24) is 0 Å². The summed E-state index contributed by atoms with van der Waals surface area (Å²) < 4.78 is 0. The normalized spacial score (nSPS) is 9.50. The highest BCUT2D eigenvalue weighted by atomic mass is 16.1. The topological polar surface area (TPSA) is 51.2 Å². The van der Waals surface area contributed by atoms with Gasteiger partial charge in [0.1, 0.15) is 11.6 Å². The van der Waals surface area contributed by atoms with Gasteiger partial charge in [-0.1, -0.05) is 13.5 Å². The summed E-state index contributed by atoms with van der Waals surface area (Å²) in [4.78, 5) is 32.8. The highest BCUT2D eigenvalue weighted by molar-refractivity contribution is 5.93. The number of hydrogen-bond acceptors (Lipinski definition) is 3. The van der Waals surface area contributed by atoms with Gasteiger partial charge in [-0.25, -0.2) is 0 Å². The monoisotopic (exact) mass is 196 g/mol. The molecule has 78 valence electrons. The fourth-order valence-electron chi connectivity index (χ4n) is 0.945. The second kappa shape index (κ2) is 7.18. The third-order valence-electron chi connectivity index (χ3n) is 1.95. The van der Waals surface area contributed by atoms with E-state index in [0.717, 1.165) is 0 Å². The summed E-state index contributed by atoms with van der Waals surface area (Å²) in [6, 6.07) is 0. The van der Waals surface area contributed by atoms with Gasteiger partial charge in [0.15, 0.2) is 5.78 Å². The van der Waals surface area contributed by atoms with Gasteiger partial charge in [-0.15, -0.1) is 0 Å². The van der Waals surface area contributed by atoms with Crippen LogP contribution in [0.3, 0.4) is 0 Å². The lowest BCUT2D eigenvalue weighted by molar-refractivity contribution is -0.125. The van der Waals surface area contributed by atoms with Gasteiger partial charge in [-0.05, 0) is 6.08 Å². The highest BCUT2D eigenvalue weighted by Gasteiger charge is 2.06. The molecule has 0 aliphatic rings. The number of rotatable bonds is 8. The van der Waals surface area contributed by atoms with Crippen LogP contribution in [-0.4, -0.2) is 17.3 Å². The molecule has 0 aromatic heterocycles. The molecule has 3 heteroatoms. The van der Waals surface area contributed by atoms with Gasteiger partial charge in [0.05, 0.1) is 0 Å². The van der Waals surface area contributed by atoms with Gasteiger partial charge >= 0.3 is 0 Å². The van der Waals surface area contributed by atoms with Crippen LogP contribution < -0.4 is 0 Å². The summed E-state index contributed by atoms with van der Waals surface area (Å²) in [6.45, 7) is 5.08. The molecule has 0 aromatic rings. The second-order valence-corrected chi connectivity index (χ2v) is 3.10. The average molecular weight is 196 g/mol. The van der Waals surface area contributed by atoms with Gasteiger partial charge in [-0.3, -0.25) is 14.4 Å². The van der Waals surface area contributed by atoms with E-state index in [2.05, 4.69) is 6.58 Å². The molecular weight excluding hydrogens is 180 g/mol. The predicted octanol–water partition coefficient (Wildman–Crippen LogP) is 1.85. The Hall–Kier alpha value is -1.25. The van der Waals surface area contributed by atoms with Gasteiger partial charge < -0.3 is 0 Å². The molecule has 0 saturated heterocycles. The third-order valence-corrected chi connectivity index (χ3v) is 1.95. The van der Waals surface area contributed by atoms with E-state index in [0.29, 0.717) is 12.8 Å². The first kappa shape index (κ1) is 12.8. The summed E-state index contributed by atoms with van der Waals surface area (Å²) in [6.07, 6.45) is 2.68. The summed E-state index contributed by atoms with van der Waals surface area (Å²) in [5.41, 5.74) is 0. The molecule has 0 aliphatic carbocycles. The van der Waals surface area contributed by atoms with E-state index in [1.807, 2.05) is 0 Å². The average Bonchev–Trinajstić information content (AvgIpc) is 2.22. The van der Waals surface area contributed by atoms with E-state index in [1.54, 1.807) is 6.92 Å². The van der Waals surface area contributed by atoms with Crippen LogP contribution in [0, 0.1) is 0 Å². The number of ketones is 3. The molecule has 0 spiro atoms. The highest BCUT2D eigenvalue weighted by Crippen LogP contribution is 2.01. The van der Waals surface area contributed by atoms with Crippen LogP contribution in [0.5, 0.6) is 0 Å². The minimum atomic E-state index is -0.125. The fourth-order valence-corrected chi connectivity index (χ4v) is 0.945. The molecule has 0 saturated carbocycles. The molecule has 0 aliphatic heterocycles. The van der Waals surface area contributed by atoms with Gasteiger partial charge in [0, 0.05) is 32.1 Å². The van der Waals surface area contributed by atoms with E-state index >= 15 is 0 Å². The van der Waals surface area contributed by atoms with E-state index in [4.69, 9.17) is 0 Å². The van der Waals surface area contributed by atoms with E-state index in [9.17, 15) is 14.4 Å². The molecule has 0 unspecified atom stereocenters. The predicted molar refractivity (Wildman–Crippen MR) is 54.0 cm³/mol. The Balaban J connectivity index is 3.61. The van der Waals surface area contributed by atoms with Crippen LogP contribution >= 0.6 is 0 Å². The van der Waals surface area contributed by atoms with Crippen molar-refractivity contribution in [2.45, 2.75) is 39.0 Å². The standard InChI is InChI=1S/C11H16O3/c1-3-9(12)5-7-11(14)8-6-10(13)4-2/h3H,1,4-8H2,2H3. The van der Waals surface area contributed by atoms with Crippen molar-refractivity contribution >= 4 is 17.3 Å². The number of carbonyl (C=O) groups is 3. The molecule has 0 N–H and O–H groups in total. The van der Waals surface area contributed by atoms with Crippen LogP contribution in [0.25, 0.3) is 0 Å². The Morgan fingerprint density at radius 3 is 2.00 bits per heavy atom. The zero-order chi connectivity index (χ0) is 11.0. The summed E-state index contributed by atoms with van der Waals surface area (Å²) in [7, 11) is 0. The molecule has 0 amide bonds. The zero-order valence-corrected chi connectivity index (χ0v) is 8.54. The molecule has 14 heavy (non-hydrogen) atoms. The largest absolute Gasteiger partial charge is 0.300 e. The SMILES string of the molecule is C=CC(=O)CCC(=O)CCC(=O)CC. The first-order valence-corrected chi connectivity index (χ1v) is 4.78. The van der Waals surface area contributed by atoms with Crippen LogP contribution in [0.1, 0.15) is 39.0 Å². The Bertz CT molecular complexity index is 241. The van der Waals surface area contributed by atoms with Crippen molar-refractivity contribution in [1.29, 1.82) is 0 Å². The van der Waals surface area contributed by atoms with E-state index in [1.165, 1.54) is 6.08 Å². The summed E-state index contributed by atoms with van der Waals surface area (Å²) in [5.74, 6) is -0.0597. The van der Waals surface area contributed by atoms with E-state index < -0.39 is 0 Å². The van der Waals surface area contributed by atoms with Crippen LogP contribution in [0.15, 0.2) is 12.7 Å². The van der Waals surface area contributed by atoms with Crippen molar-refractivity contribution in [3.8, 4) is 0 Å². The maximum atomic E-state index is 11.1. The Morgan fingerprint density at radius 2 is 1.50 bits per heavy atom. The van der Waals surface area contributed by atoms with Gasteiger partial charge in [0.2, 0.25) is 0 Å². The van der Waals surface area contributed by atoms with Crippen molar-refractivity contribution in [2.75, 3.05) is 0 Å². The number of Topliss-reactive ketones (excluding diaryl/α,β-unsaturated/α-hetero) is 2. The lowest BCUT2D eigenvalue weighted by Gasteiger charge is -1.97. The summed E-state index contributed by atoms with van der Waals surface area (Å²) >= 11 is 0. The second-order valence-electron chi connectivity index (χ2n) is 3.10. The molecule has 0 aromatic carbocycles. The van der Waals surface area contributed by atoms with Crippen LogP contribution in [0.2, 0.25) is 0 Å². The van der Waals surface area contributed by atoms with E-state index in [-0.39, 0.29) is 36.6 Å². The molecule has 0 rings (SSSR count). The van der Waals surface area contributed by atoms with Crippen molar-refractivity contribution in [3.05, 3.63) is 12.7 Å². The van der Waals surface area contributed by atoms with Gasteiger partial charge in [-0.2, -0.15) is 0 Å². The maximum absolute atomic E-state index is 11.1. The van der Waals surface area contributed by atoms with Crippen molar-refractivity contribution in [2.24, 2.45) is 0 Å². The number of allylic oxidation sites excluding steroid dienone is 1. The number of hydrogen-bond donors (Lipinski definition) is 0. The fraction of sp³-hybridized carbons (Fsp3) is 0.545. The summed E-state index contributed by atoms with van der Waals surface area (Å²) in [5, 5.41) is 0. The lowest BCUT2D eigenvalue weighted by atomic mass is 10.1. The zero-order valence-electron chi connectivity index (χ0n) is 8.54.